The van der Waals surface area contributed by atoms with Crippen molar-refractivity contribution in [2.75, 3.05) is 6.61 Å². The summed E-state index contributed by atoms with van der Waals surface area (Å²) in [6.07, 6.45) is 0. The van der Waals surface area contributed by atoms with E-state index in [0.717, 1.165) is 5.69 Å². The van der Waals surface area contributed by atoms with Gasteiger partial charge in [-0.25, -0.2) is 0 Å². The molecule has 3 rings (SSSR count). The van der Waals surface area contributed by atoms with Crippen LogP contribution in [0.5, 0.6) is 5.75 Å². The summed E-state index contributed by atoms with van der Waals surface area (Å²) < 4.78 is 7.07. The largest absolute Gasteiger partial charge is 0.493 e. The molecule has 3 aromatic rings. The minimum atomic E-state index is -0.235. The number of aromatic nitrogens is 4. The Balaban J connectivity index is 1.73. The van der Waals surface area contributed by atoms with Crippen LogP contribution in [0.2, 0.25) is 0 Å². The van der Waals surface area contributed by atoms with Crippen LogP contribution in [-0.2, 0) is 6.54 Å². The quantitative estimate of drug-likeness (QED) is 0.750. The van der Waals surface area contributed by atoms with Crippen molar-refractivity contribution in [3.05, 3.63) is 66.0 Å². The molecule has 0 aliphatic heterocycles. The summed E-state index contributed by atoms with van der Waals surface area (Å²) in [5, 5.41) is 14.4. The van der Waals surface area contributed by atoms with Crippen molar-refractivity contribution in [3.63, 3.8) is 0 Å². The van der Waals surface area contributed by atoms with Crippen molar-refractivity contribution in [3.8, 4) is 11.4 Å². The number of nitrogens with zero attached hydrogens (tertiary/aromatic N) is 4. The second-order valence-electron chi connectivity index (χ2n) is 4.95. The Bertz CT molecular complexity index is 817. The molecule has 0 fully saturated rings. The van der Waals surface area contributed by atoms with Gasteiger partial charge in [0.25, 0.3) is 5.91 Å². The maximum atomic E-state index is 12.4. The number of nitrogens with one attached hydrogen (secondary N) is 1. The van der Waals surface area contributed by atoms with E-state index >= 15 is 0 Å². The molecule has 7 heteroatoms. The third-order valence-corrected chi connectivity index (χ3v) is 3.37. The summed E-state index contributed by atoms with van der Waals surface area (Å²) >= 11 is 0. The standard InChI is InChI=1S/C17H17N5O2/c1-2-24-15-11-7-6-10-14(15)17(23)18-12-16-19-20-21-22(16)13-8-4-3-5-9-13/h3-11H,2,12H2,1H3,(H,18,23). The molecule has 1 N–H and O–H groups in total. The van der Waals surface area contributed by atoms with Gasteiger partial charge in [-0.1, -0.05) is 30.3 Å². The Morgan fingerprint density at radius 2 is 1.88 bits per heavy atom. The molecule has 1 amide bonds. The fourth-order valence-corrected chi connectivity index (χ4v) is 2.28. The Morgan fingerprint density at radius 1 is 1.12 bits per heavy atom. The lowest BCUT2D eigenvalue weighted by Gasteiger charge is -2.10. The molecule has 0 radical (unpaired) electrons. The third-order valence-electron chi connectivity index (χ3n) is 3.37. The zero-order chi connectivity index (χ0) is 16.8. The number of tetrazole rings is 1. The number of hydrogen-bond acceptors (Lipinski definition) is 5. The number of carbonyl (C=O) groups excluding carboxylic acids is 1. The van der Waals surface area contributed by atoms with E-state index in [1.165, 1.54) is 0 Å². The molecule has 0 saturated carbocycles. The lowest BCUT2D eigenvalue weighted by Crippen LogP contribution is -2.25. The van der Waals surface area contributed by atoms with Gasteiger partial charge in [0.05, 0.1) is 24.4 Å². The van der Waals surface area contributed by atoms with E-state index in [1.54, 1.807) is 22.9 Å². The van der Waals surface area contributed by atoms with Gasteiger partial charge in [-0.15, -0.1) is 5.10 Å². The van der Waals surface area contributed by atoms with Crippen LogP contribution in [0.3, 0.4) is 0 Å². The van der Waals surface area contributed by atoms with Gasteiger partial charge >= 0.3 is 0 Å². The highest BCUT2D eigenvalue weighted by atomic mass is 16.5. The number of benzene rings is 2. The van der Waals surface area contributed by atoms with Crippen LogP contribution in [0, 0.1) is 0 Å². The van der Waals surface area contributed by atoms with Crippen LogP contribution < -0.4 is 10.1 Å². The molecule has 0 atom stereocenters. The molecule has 0 spiro atoms. The summed E-state index contributed by atoms with van der Waals surface area (Å²) in [5.74, 6) is 0.866. The van der Waals surface area contributed by atoms with Crippen LogP contribution >= 0.6 is 0 Å². The van der Waals surface area contributed by atoms with Crippen molar-refractivity contribution >= 4 is 5.91 Å². The summed E-state index contributed by atoms with van der Waals surface area (Å²) in [6.45, 7) is 2.58. The first-order valence-corrected chi connectivity index (χ1v) is 7.62. The van der Waals surface area contributed by atoms with Crippen LogP contribution in [0.4, 0.5) is 0 Å². The second kappa shape index (κ2) is 7.36. The van der Waals surface area contributed by atoms with Gasteiger partial charge in [-0.2, -0.15) is 4.68 Å². The first kappa shape index (κ1) is 15.7. The van der Waals surface area contributed by atoms with Gasteiger partial charge in [-0.05, 0) is 41.6 Å². The van der Waals surface area contributed by atoms with Gasteiger partial charge in [0, 0.05) is 0 Å². The monoisotopic (exact) mass is 323 g/mol. The molecular weight excluding hydrogens is 306 g/mol. The maximum Gasteiger partial charge on any atom is 0.255 e. The van der Waals surface area contributed by atoms with E-state index < -0.39 is 0 Å². The van der Waals surface area contributed by atoms with Gasteiger partial charge in [0.1, 0.15) is 5.75 Å². The third kappa shape index (κ3) is 3.40. The topological polar surface area (TPSA) is 81.9 Å². The van der Waals surface area contributed by atoms with Crippen molar-refractivity contribution < 1.29 is 9.53 Å². The molecule has 1 aromatic heterocycles. The molecule has 0 aliphatic rings. The van der Waals surface area contributed by atoms with E-state index in [0.29, 0.717) is 23.7 Å². The summed E-state index contributed by atoms with van der Waals surface area (Å²) in [7, 11) is 0. The SMILES string of the molecule is CCOc1ccccc1C(=O)NCc1nnnn1-c1ccccc1. The molecule has 1 heterocycles. The highest BCUT2D eigenvalue weighted by molar-refractivity contribution is 5.96. The fourth-order valence-electron chi connectivity index (χ4n) is 2.28. The number of carbonyl (C=O) groups is 1. The van der Waals surface area contributed by atoms with E-state index in [4.69, 9.17) is 4.74 Å². The van der Waals surface area contributed by atoms with E-state index in [1.807, 2.05) is 43.3 Å². The highest BCUT2D eigenvalue weighted by Gasteiger charge is 2.14. The number of ether oxygens (including phenoxy) is 1. The first-order chi connectivity index (χ1) is 11.8. The predicted octanol–water partition coefficient (Wildman–Crippen LogP) is 1.99. The second-order valence-corrected chi connectivity index (χ2v) is 4.95. The Labute approximate surface area is 139 Å². The number of amides is 1. The molecule has 122 valence electrons. The zero-order valence-corrected chi connectivity index (χ0v) is 13.2. The van der Waals surface area contributed by atoms with Gasteiger partial charge in [0.15, 0.2) is 5.82 Å². The summed E-state index contributed by atoms with van der Waals surface area (Å²) in [4.78, 5) is 12.4. The smallest absolute Gasteiger partial charge is 0.255 e. The van der Waals surface area contributed by atoms with Crippen LogP contribution in [0.25, 0.3) is 5.69 Å². The van der Waals surface area contributed by atoms with Gasteiger partial charge in [0.2, 0.25) is 0 Å². The minimum absolute atomic E-state index is 0.210. The lowest BCUT2D eigenvalue weighted by atomic mass is 10.2. The van der Waals surface area contributed by atoms with Crippen molar-refractivity contribution in [2.24, 2.45) is 0 Å². The highest BCUT2D eigenvalue weighted by Crippen LogP contribution is 2.17. The fraction of sp³-hybridized carbons (Fsp3) is 0.176. The normalized spacial score (nSPS) is 10.4. The molecule has 24 heavy (non-hydrogen) atoms. The number of rotatable bonds is 6. The van der Waals surface area contributed by atoms with Gasteiger partial charge in [-0.3, -0.25) is 4.79 Å². The Morgan fingerprint density at radius 3 is 2.67 bits per heavy atom. The molecule has 0 unspecified atom stereocenters. The van der Waals surface area contributed by atoms with Crippen LogP contribution in [0.15, 0.2) is 54.6 Å². The van der Waals surface area contributed by atoms with Crippen molar-refractivity contribution in [1.29, 1.82) is 0 Å². The number of para-hydroxylation sites is 2. The lowest BCUT2D eigenvalue weighted by molar-refractivity contribution is 0.0946. The van der Waals surface area contributed by atoms with E-state index in [9.17, 15) is 4.79 Å². The van der Waals surface area contributed by atoms with E-state index in [-0.39, 0.29) is 12.5 Å². The molecular formula is C17H17N5O2. The summed E-state index contributed by atoms with van der Waals surface area (Å²) in [6, 6.07) is 16.6. The minimum Gasteiger partial charge on any atom is -0.493 e. The maximum absolute atomic E-state index is 12.4. The zero-order valence-electron chi connectivity index (χ0n) is 13.2. The van der Waals surface area contributed by atoms with Crippen LogP contribution in [0.1, 0.15) is 23.1 Å². The van der Waals surface area contributed by atoms with Gasteiger partial charge < -0.3 is 10.1 Å². The molecule has 0 bridgehead atoms. The average molecular weight is 323 g/mol. The van der Waals surface area contributed by atoms with Crippen molar-refractivity contribution in [2.45, 2.75) is 13.5 Å². The average Bonchev–Trinajstić information content (AvgIpc) is 3.10. The predicted molar refractivity (Wildman–Crippen MR) is 87.9 cm³/mol. The molecule has 0 aliphatic carbocycles. The molecule has 2 aromatic carbocycles. The molecule has 0 saturated heterocycles. The Hall–Kier alpha value is -3.22. The van der Waals surface area contributed by atoms with E-state index in [2.05, 4.69) is 20.8 Å². The Kier molecular flexibility index (Phi) is 4.81. The van der Waals surface area contributed by atoms with Crippen molar-refractivity contribution in [1.82, 2.24) is 25.5 Å². The van der Waals surface area contributed by atoms with Crippen LogP contribution in [-0.4, -0.2) is 32.7 Å². The summed E-state index contributed by atoms with van der Waals surface area (Å²) in [5.41, 5.74) is 1.32. The first-order valence-electron chi connectivity index (χ1n) is 7.62. The molecule has 7 nitrogen and oxygen atoms in total. The number of hydrogen-bond donors (Lipinski definition) is 1.